The zero-order valence-electron chi connectivity index (χ0n) is 11.3. The van der Waals surface area contributed by atoms with Crippen molar-refractivity contribution in [3.05, 3.63) is 28.2 Å². The summed E-state index contributed by atoms with van der Waals surface area (Å²) in [7, 11) is 0. The van der Waals surface area contributed by atoms with Crippen LogP contribution in [0.25, 0.3) is 0 Å². The third-order valence-corrected chi connectivity index (χ3v) is 3.59. The van der Waals surface area contributed by atoms with Gasteiger partial charge in [0.2, 0.25) is 0 Å². The number of aliphatic hydroxyl groups excluding tert-OH is 1. The number of benzene rings is 1. The van der Waals surface area contributed by atoms with Crippen molar-refractivity contribution < 1.29 is 9.84 Å². The highest BCUT2D eigenvalue weighted by Gasteiger charge is 2.10. The zero-order valence-corrected chi connectivity index (χ0v) is 12.9. The van der Waals surface area contributed by atoms with Crippen LogP contribution in [0.15, 0.2) is 22.7 Å². The topological polar surface area (TPSA) is 29.5 Å². The molecule has 1 aromatic rings. The molecule has 0 saturated carbocycles. The van der Waals surface area contributed by atoms with Crippen LogP contribution in [0.3, 0.4) is 0 Å². The van der Waals surface area contributed by atoms with Gasteiger partial charge in [-0.15, -0.1) is 0 Å². The number of hydrogen-bond donors (Lipinski definition) is 1. The van der Waals surface area contributed by atoms with Crippen LogP contribution >= 0.6 is 15.9 Å². The molecule has 1 unspecified atom stereocenters. The molecule has 1 atom stereocenters. The largest absolute Gasteiger partial charge is 0.493 e. The van der Waals surface area contributed by atoms with Gasteiger partial charge in [0.15, 0.2) is 0 Å². The fourth-order valence-electron chi connectivity index (χ4n) is 1.93. The fourth-order valence-corrected chi connectivity index (χ4v) is 2.44. The smallest absolute Gasteiger partial charge is 0.133 e. The molecule has 1 aromatic carbocycles. The first-order chi connectivity index (χ1) is 8.69. The Bertz CT molecular complexity index is 352. The summed E-state index contributed by atoms with van der Waals surface area (Å²) >= 11 is 3.47. The van der Waals surface area contributed by atoms with Gasteiger partial charge in [-0.2, -0.15) is 0 Å². The van der Waals surface area contributed by atoms with Crippen molar-refractivity contribution in [1.82, 2.24) is 0 Å². The maximum Gasteiger partial charge on any atom is 0.133 e. The lowest BCUT2D eigenvalue weighted by molar-refractivity contribution is 0.163. The van der Waals surface area contributed by atoms with Gasteiger partial charge >= 0.3 is 0 Å². The van der Waals surface area contributed by atoms with E-state index in [9.17, 15) is 5.11 Å². The summed E-state index contributed by atoms with van der Waals surface area (Å²) in [5.41, 5.74) is 0.960. The van der Waals surface area contributed by atoms with Gasteiger partial charge in [0.1, 0.15) is 5.75 Å². The third kappa shape index (κ3) is 4.99. The molecular formula is C15H23BrO2. The van der Waals surface area contributed by atoms with E-state index in [0.717, 1.165) is 28.6 Å². The molecule has 1 rings (SSSR count). The number of unbranched alkanes of at least 4 members (excludes halogenated alkanes) is 3. The average molecular weight is 315 g/mol. The average Bonchev–Trinajstić information content (AvgIpc) is 2.37. The zero-order chi connectivity index (χ0) is 13.4. The van der Waals surface area contributed by atoms with Crippen molar-refractivity contribution in [3.63, 3.8) is 0 Å². The van der Waals surface area contributed by atoms with Crippen LogP contribution in [0.5, 0.6) is 5.75 Å². The molecule has 0 saturated heterocycles. The molecule has 2 nitrogen and oxygen atoms in total. The second-order valence-corrected chi connectivity index (χ2v) is 5.34. The van der Waals surface area contributed by atoms with Gasteiger partial charge < -0.3 is 9.84 Å². The molecule has 102 valence electrons. The van der Waals surface area contributed by atoms with Gasteiger partial charge in [0, 0.05) is 0 Å². The number of hydrogen-bond acceptors (Lipinski definition) is 2. The van der Waals surface area contributed by atoms with Crippen LogP contribution in [-0.2, 0) is 0 Å². The fraction of sp³-hybridized carbons (Fsp3) is 0.600. The van der Waals surface area contributed by atoms with Crippen molar-refractivity contribution >= 4 is 15.9 Å². The van der Waals surface area contributed by atoms with E-state index < -0.39 is 0 Å². The summed E-state index contributed by atoms with van der Waals surface area (Å²) in [5, 5.41) is 10.1. The Morgan fingerprint density at radius 2 is 2.00 bits per heavy atom. The van der Waals surface area contributed by atoms with Crippen molar-refractivity contribution in [3.8, 4) is 5.75 Å². The van der Waals surface area contributed by atoms with E-state index in [4.69, 9.17) is 4.74 Å². The molecule has 3 heteroatoms. The summed E-state index contributed by atoms with van der Waals surface area (Å²) in [4.78, 5) is 0. The molecule has 0 aromatic heterocycles. The lowest BCUT2D eigenvalue weighted by Crippen LogP contribution is -1.99. The van der Waals surface area contributed by atoms with E-state index in [1.165, 1.54) is 19.3 Å². The summed E-state index contributed by atoms with van der Waals surface area (Å²) in [6.45, 7) is 4.81. The van der Waals surface area contributed by atoms with Crippen molar-refractivity contribution in [2.45, 2.75) is 52.1 Å². The van der Waals surface area contributed by atoms with E-state index in [0.29, 0.717) is 6.61 Å². The minimum atomic E-state index is -0.367. The molecular weight excluding hydrogens is 292 g/mol. The highest BCUT2D eigenvalue weighted by Crippen LogP contribution is 2.30. The maximum atomic E-state index is 10.1. The Morgan fingerprint density at radius 1 is 1.22 bits per heavy atom. The van der Waals surface area contributed by atoms with Crippen molar-refractivity contribution in [1.29, 1.82) is 0 Å². The first-order valence-corrected chi connectivity index (χ1v) is 7.58. The Morgan fingerprint density at radius 3 is 2.61 bits per heavy atom. The molecule has 0 radical (unpaired) electrons. The first kappa shape index (κ1) is 15.5. The predicted octanol–water partition coefficient (Wildman–Crippen LogP) is 4.85. The second kappa shape index (κ2) is 8.54. The number of rotatable bonds is 8. The number of aliphatic hydroxyl groups is 1. The Kier molecular flexibility index (Phi) is 7.36. The van der Waals surface area contributed by atoms with Crippen LogP contribution in [0, 0.1) is 0 Å². The minimum Gasteiger partial charge on any atom is -0.493 e. The molecule has 0 spiro atoms. The van der Waals surface area contributed by atoms with Gasteiger partial charge in [-0.05, 0) is 47.0 Å². The summed E-state index contributed by atoms with van der Waals surface area (Å²) < 4.78 is 6.37. The molecule has 1 N–H and O–H groups in total. The summed E-state index contributed by atoms with van der Waals surface area (Å²) in [6, 6.07) is 5.81. The summed E-state index contributed by atoms with van der Waals surface area (Å²) in [5.74, 6) is 0.833. The van der Waals surface area contributed by atoms with E-state index >= 15 is 0 Å². The van der Waals surface area contributed by atoms with Crippen LogP contribution in [-0.4, -0.2) is 11.7 Å². The third-order valence-electron chi connectivity index (χ3n) is 2.97. The molecule has 0 fully saturated rings. The van der Waals surface area contributed by atoms with E-state index in [-0.39, 0.29) is 6.10 Å². The minimum absolute atomic E-state index is 0.367. The van der Waals surface area contributed by atoms with Gasteiger partial charge in [-0.3, -0.25) is 0 Å². The van der Waals surface area contributed by atoms with Crippen LogP contribution in [0.2, 0.25) is 0 Å². The summed E-state index contributed by atoms with van der Waals surface area (Å²) in [6.07, 6.45) is 5.23. The Hall–Kier alpha value is -0.540. The monoisotopic (exact) mass is 314 g/mol. The molecule has 0 heterocycles. The van der Waals surface area contributed by atoms with Crippen LogP contribution < -0.4 is 4.74 Å². The van der Waals surface area contributed by atoms with Crippen molar-refractivity contribution in [2.75, 3.05) is 6.61 Å². The van der Waals surface area contributed by atoms with Crippen LogP contribution in [0.1, 0.15) is 57.6 Å². The van der Waals surface area contributed by atoms with E-state index in [1.807, 2.05) is 25.1 Å². The SMILES string of the molecule is CCCCCCC(O)c1ccc(OCC)c(Br)c1. The molecule has 18 heavy (non-hydrogen) atoms. The standard InChI is InChI=1S/C15H23BrO2/c1-3-5-6-7-8-14(17)12-9-10-15(18-4-2)13(16)11-12/h9-11,14,17H,3-8H2,1-2H3. The van der Waals surface area contributed by atoms with Crippen LogP contribution in [0.4, 0.5) is 0 Å². The second-order valence-electron chi connectivity index (χ2n) is 4.49. The highest BCUT2D eigenvalue weighted by atomic mass is 79.9. The highest BCUT2D eigenvalue weighted by molar-refractivity contribution is 9.10. The first-order valence-electron chi connectivity index (χ1n) is 6.79. The molecule has 0 aliphatic rings. The quantitative estimate of drug-likeness (QED) is 0.695. The lowest BCUT2D eigenvalue weighted by Gasteiger charge is -2.13. The molecule has 0 amide bonds. The Balaban J connectivity index is 2.52. The van der Waals surface area contributed by atoms with E-state index in [1.54, 1.807) is 0 Å². The Labute approximate surface area is 118 Å². The van der Waals surface area contributed by atoms with Crippen molar-refractivity contribution in [2.24, 2.45) is 0 Å². The maximum absolute atomic E-state index is 10.1. The molecule has 0 aliphatic heterocycles. The number of halogens is 1. The van der Waals surface area contributed by atoms with Gasteiger partial charge in [-0.25, -0.2) is 0 Å². The van der Waals surface area contributed by atoms with Gasteiger partial charge in [-0.1, -0.05) is 38.7 Å². The molecule has 0 aliphatic carbocycles. The van der Waals surface area contributed by atoms with E-state index in [2.05, 4.69) is 22.9 Å². The van der Waals surface area contributed by atoms with Gasteiger partial charge in [0.25, 0.3) is 0 Å². The predicted molar refractivity (Wildman–Crippen MR) is 79.0 cm³/mol. The van der Waals surface area contributed by atoms with Gasteiger partial charge in [0.05, 0.1) is 17.2 Å². The lowest BCUT2D eigenvalue weighted by atomic mass is 10.0. The normalized spacial score (nSPS) is 12.4. The molecule has 0 bridgehead atoms. The number of ether oxygens (including phenoxy) is 1.